The van der Waals surface area contributed by atoms with E-state index in [2.05, 4.69) is 10.2 Å². The monoisotopic (exact) mass is 330 g/mol. The first-order valence-corrected chi connectivity index (χ1v) is 7.70. The van der Waals surface area contributed by atoms with Crippen molar-refractivity contribution in [1.82, 2.24) is 20.0 Å². The Balaban J connectivity index is 4.47. The molecule has 0 fully saturated rings. The number of carboxylic acid groups (broad SMARTS) is 1. The summed E-state index contributed by atoms with van der Waals surface area (Å²) < 4.78 is 0. The van der Waals surface area contributed by atoms with E-state index in [0.29, 0.717) is 26.0 Å². The first kappa shape index (κ1) is 21.3. The van der Waals surface area contributed by atoms with Crippen LogP contribution in [0, 0.1) is 5.92 Å². The summed E-state index contributed by atoms with van der Waals surface area (Å²) >= 11 is 0. The number of nitrogens with one attached hydrogen (secondary N) is 1. The van der Waals surface area contributed by atoms with Gasteiger partial charge in [-0.3, -0.25) is 19.3 Å². The van der Waals surface area contributed by atoms with E-state index in [1.165, 1.54) is 0 Å². The summed E-state index contributed by atoms with van der Waals surface area (Å²) in [5.74, 6) is -0.713. The predicted molar refractivity (Wildman–Crippen MR) is 88.1 cm³/mol. The van der Waals surface area contributed by atoms with E-state index in [1.807, 2.05) is 20.9 Å². The van der Waals surface area contributed by atoms with Crippen LogP contribution in [-0.4, -0.2) is 98.0 Å². The van der Waals surface area contributed by atoms with Gasteiger partial charge in [0.2, 0.25) is 12.3 Å². The summed E-state index contributed by atoms with van der Waals surface area (Å²) in [6, 6.07) is 0.0192. The van der Waals surface area contributed by atoms with Crippen molar-refractivity contribution < 1.29 is 19.5 Å². The van der Waals surface area contributed by atoms with Gasteiger partial charge in [-0.1, -0.05) is 13.8 Å². The predicted octanol–water partition coefficient (Wildman–Crippen LogP) is -0.836. The molecule has 0 aromatic heterocycles. The minimum Gasteiger partial charge on any atom is -0.480 e. The molecule has 0 spiro atoms. The first-order chi connectivity index (χ1) is 10.7. The number of rotatable bonds is 12. The maximum atomic E-state index is 12.0. The van der Waals surface area contributed by atoms with E-state index < -0.39 is 5.97 Å². The fourth-order valence-corrected chi connectivity index (χ4v) is 2.28. The van der Waals surface area contributed by atoms with Crippen LogP contribution in [0.4, 0.5) is 0 Å². The normalized spacial score (nSPS) is 12.5. The number of carboxylic acids is 1. The lowest BCUT2D eigenvalue weighted by Crippen LogP contribution is -2.50. The van der Waals surface area contributed by atoms with Gasteiger partial charge in [0.05, 0.1) is 13.1 Å². The van der Waals surface area contributed by atoms with E-state index in [0.717, 1.165) is 0 Å². The summed E-state index contributed by atoms with van der Waals surface area (Å²) in [6.07, 6.45) is 0.514. The van der Waals surface area contributed by atoms with Gasteiger partial charge < -0.3 is 20.2 Å². The van der Waals surface area contributed by atoms with Gasteiger partial charge in [-0.05, 0) is 20.0 Å². The Hall–Kier alpha value is -1.67. The molecular weight excluding hydrogens is 300 g/mol. The molecular formula is C15H30N4O4. The van der Waals surface area contributed by atoms with Gasteiger partial charge >= 0.3 is 5.97 Å². The van der Waals surface area contributed by atoms with Crippen molar-refractivity contribution >= 4 is 18.3 Å². The minimum absolute atomic E-state index is 0.00567. The average Bonchev–Trinajstić information content (AvgIpc) is 2.46. The molecule has 0 bridgehead atoms. The first-order valence-electron chi connectivity index (χ1n) is 7.70. The highest BCUT2D eigenvalue weighted by atomic mass is 16.4. The lowest BCUT2D eigenvalue weighted by Gasteiger charge is -2.35. The number of amides is 2. The van der Waals surface area contributed by atoms with E-state index in [-0.39, 0.29) is 31.0 Å². The van der Waals surface area contributed by atoms with E-state index in [1.54, 1.807) is 23.9 Å². The Labute approximate surface area is 138 Å². The highest BCUT2D eigenvalue weighted by Gasteiger charge is 2.24. The van der Waals surface area contributed by atoms with Crippen LogP contribution in [-0.2, 0) is 14.4 Å². The Morgan fingerprint density at radius 1 is 1.13 bits per heavy atom. The quantitative estimate of drug-likeness (QED) is 0.454. The topological polar surface area (TPSA) is 93.2 Å². The maximum Gasteiger partial charge on any atom is 0.317 e. The molecule has 0 aromatic carbocycles. The molecule has 0 unspecified atom stereocenters. The van der Waals surface area contributed by atoms with Gasteiger partial charge in [0, 0.05) is 32.7 Å². The van der Waals surface area contributed by atoms with Crippen molar-refractivity contribution in [3.63, 3.8) is 0 Å². The second-order valence-electron chi connectivity index (χ2n) is 6.21. The van der Waals surface area contributed by atoms with E-state index in [4.69, 9.17) is 5.11 Å². The van der Waals surface area contributed by atoms with Gasteiger partial charge in [0.1, 0.15) is 0 Å². The molecule has 0 radical (unpaired) electrons. The highest BCUT2D eigenvalue weighted by Crippen LogP contribution is 2.11. The van der Waals surface area contributed by atoms with Crippen LogP contribution in [0.2, 0.25) is 0 Å². The molecule has 134 valence electrons. The van der Waals surface area contributed by atoms with Gasteiger partial charge in [-0.25, -0.2) is 0 Å². The van der Waals surface area contributed by atoms with Crippen LogP contribution < -0.4 is 5.32 Å². The molecule has 0 aliphatic heterocycles. The molecule has 2 amide bonds. The lowest BCUT2D eigenvalue weighted by molar-refractivity contribution is -0.138. The zero-order chi connectivity index (χ0) is 18.0. The van der Waals surface area contributed by atoms with Gasteiger partial charge in [-0.2, -0.15) is 0 Å². The van der Waals surface area contributed by atoms with Crippen molar-refractivity contribution in [2.24, 2.45) is 5.92 Å². The Bertz CT molecular complexity index is 390. The molecule has 0 aliphatic rings. The molecule has 8 nitrogen and oxygen atoms in total. The second-order valence-corrected chi connectivity index (χ2v) is 6.21. The Morgan fingerprint density at radius 2 is 1.70 bits per heavy atom. The van der Waals surface area contributed by atoms with Crippen LogP contribution in [0.1, 0.15) is 13.8 Å². The van der Waals surface area contributed by atoms with Gasteiger partial charge in [0.25, 0.3) is 0 Å². The minimum atomic E-state index is -0.844. The number of aliphatic carboxylic acids is 1. The Morgan fingerprint density at radius 3 is 2.17 bits per heavy atom. The van der Waals surface area contributed by atoms with Crippen LogP contribution in [0.3, 0.4) is 0 Å². The molecule has 8 heteroatoms. The molecule has 0 aliphatic carbocycles. The van der Waals surface area contributed by atoms with Gasteiger partial charge in [-0.15, -0.1) is 0 Å². The summed E-state index contributed by atoms with van der Waals surface area (Å²) in [5.41, 5.74) is 0. The standard InChI is InChI=1S/C15H30N4O4/c1-12(2)13(19(5)14(21)8-16-11-20)9-17(3)6-7-18(4)10-15(22)23/h11-13H,6-10H2,1-5H3,(H,16,20)(H,22,23)/t13-/m1/s1. The maximum absolute atomic E-state index is 12.0. The summed E-state index contributed by atoms with van der Waals surface area (Å²) in [6.45, 7) is 6.13. The lowest BCUT2D eigenvalue weighted by atomic mass is 10.0. The van der Waals surface area contributed by atoms with E-state index in [9.17, 15) is 14.4 Å². The molecule has 23 heavy (non-hydrogen) atoms. The summed E-state index contributed by atoms with van der Waals surface area (Å²) in [7, 11) is 5.46. The molecule has 0 rings (SSSR count). The van der Waals surface area contributed by atoms with Crippen LogP contribution in [0.5, 0.6) is 0 Å². The fraction of sp³-hybridized carbons (Fsp3) is 0.800. The zero-order valence-electron chi connectivity index (χ0n) is 14.8. The number of hydrogen-bond acceptors (Lipinski definition) is 5. The molecule has 0 aromatic rings. The summed E-state index contributed by atoms with van der Waals surface area (Å²) in [5, 5.41) is 11.1. The molecule has 0 saturated heterocycles. The van der Waals surface area contributed by atoms with Crippen molar-refractivity contribution in [1.29, 1.82) is 0 Å². The third-order valence-corrected chi connectivity index (χ3v) is 3.76. The van der Waals surface area contributed by atoms with Crippen molar-refractivity contribution in [3.05, 3.63) is 0 Å². The highest BCUT2D eigenvalue weighted by molar-refractivity contribution is 5.80. The van der Waals surface area contributed by atoms with E-state index >= 15 is 0 Å². The van der Waals surface area contributed by atoms with Crippen molar-refractivity contribution in [2.75, 3.05) is 53.9 Å². The number of carbonyl (C=O) groups is 3. The van der Waals surface area contributed by atoms with Crippen LogP contribution in [0.25, 0.3) is 0 Å². The average molecular weight is 330 g/mol. The molecule has 2 N–H and O–H groups in total. The molecule has 0 saturated carbocycles. The second kappa shape index (κ2) is 11.0. The van der Waals surface area contributed by atoms with Crippen molar-refractivity contribution in [3.8, 4) is 0 Å². The number of likely N-dealkylation sites (N-methyl/N-ethyl adjacent to an activating group) is 3. The molecule has 0 heterocycles. The number of nitrogens with zero attached hydrogens (tertiary/aromatic N) is 3. The van der Waals surface area contributed by atoms with Crippen LogP contribution >= 0.6 is 0 Å². The number of carbonyl (C=O) groups excluding carboxylic acids is 2. The van der Waals surface area contributed by atoms with Gasteiger partial charge in [0.15, 0.2) is 0 Å². The van der Waals surface area contributed by atoms with Crippen molar-refractivity contribution in [2.45, 2.75) is 19.9 Å². The number of hydrogen-bond donors (Lipinski definition) is 2. The summed E-state index contributed by atoms with van der Waals surface area (Å²) in [4.78, 5) is 38.5. The zero-order valence-corrected chi connectivity index (χ0v) is 14.8. The third-order valence-electron chi connectivity index (χ3n) is 3.76. The Kier molecular flexibility index (Phi) is 10.2. The SMILES string of the molecule is CC(C)[C@@H](CN(C)CCN(C)CC(=O)O)N(C)C(=O)CNC=O. The smallest absolute Gasteiger partial charge is 0.317 e. The fourth-order valence-electron chi connectivity index (χ4n) is 2.28. The van der Waals surface area contributed by atoms with Crippen LogP contribution in [0.15, 0.2) is 0 Å². The molecule has 1 atom stereocenters. The third kappa shape index (κ3) is 9.14. The largest absolute Gasteiger partial charge is 0.480 e.